The molecule has 0 aliphatic carbocycles. The zero-order valence-corrected chi connectivity index (χ0v) is 19.9. The molecule has 1 aliphatic rings. The Morgan fingerprint density at radius 2 is 1.69 bits per heavy atom. The fourth-order valence-electron chi connectivity index (χ4n) is 4.69. The zero-order valence-electron chi connectivity index (χ0n) is 19.9. The topological polar surface area (TPSA) is 71.8 Å². The van der Waals surface area contributed by atoms with Crippen molar-refractivity contribution >= 4 is 22.6 Å². The minimum atomic E-state index is -0.218. The summed E-state index contributed by atoms with van der Waals surface area (Å²) in [4.78, 5) is 28.7. The monoisotopic (exact) mass is 468 g/mol. The van der Waals surface area contributed by atoms with Crippen LogP contribution in [0.25, 0.3) is 22.3 Å². The summed E-state index contributed by atoms with van der Waals surface area (Å²) in [5, 5.41) is 3.58. The molecule has 0 unspecified atom stereocenters. The molecular weight excluding hydrogens is 440 g/mol. The lowest BCUT2D eigenvalue weighted by Crippen LogP contribution is -2.44. The van der Waals surface area contributed by atoms with Gasteiger partial charge in [-0.15, -0.1) is 0 Å². The first-order valence-electron chi connectivity index (χ1n) is 11.9. The standard InChI is InChI=1S/C29H28N2O4/c1-19-26(32)24-9-6-10-25(28(24)35-27(19)20-7-4-3-5-8-20)29(33)30-21-15-17-31(18-16-21)22-11-13-23(34-2)14-12-22/h3-14,21H,15-18H2,1-2H3,(H,30,33). The van der Waals surface area contributed by atoms with Crippen molar-refractivity contribution in [3.63, 3.8) is 0 Å². The van der Waals surface area contributed by atoms with Crippen LogP contribution in [0.4, 0.5) is 5.69 Å². The van der Waals surface area contributed by atoms with Crippen LogP contribution in [0.1, 0.15) is 28.8 Å². The van der Waals surface area contributed by atoms with Crippen molar-refractivity contribution < 1.29 is 13.9 Å². The van der Waals surface area contributed by atoms with Crippen molar-refractivity contribution in [1.82, 2.24) is 5.32 Å². The highest BCUT2D eigenvalue weighted by Crippen LogP contribution is 2.28. The van der Waals surface area contributed by atoms with Gasteiger partial charge in [-0.25, -0.2) is 0 Å². The molecule has 35 heavy (non-hydrogen) atoms. The molecule has 0 bridgehead atoms. The van der Waals surface area contributed by atoms with Gasteiger partial charge in [-0.3, -0.25) is 9.59 Å². The lowest BCUT2D eigenvalue weighted by atomic mass is 10.0. The number of hydrogen-bond acceptors (Lipinski definition) is 5. The van der Waals surface area contributed by atoms with Gasteiger partial charge in [0.25, 0.3) is 5.91 Å². The van der Waals surface area contributed by atoms with Gasteiger partial charge in [0, 0.05) is 35.9 Å². The average molecular weight is 469 g/mol. The Kier molecular flexibility index (Phi) is 6.27. The number of methoxy groups -OCH3 is 1. The number of nitrogens with one attached hydrogen (secondary N) is 1. The molecular formula is C29H28N2O4. The van der Waals surface area contributed by atoms with Gasteiger partial charge in [-0.2, -0.15) is 0 Å². The number of carbonyl (C=O) groups is 1. The summed E-state index contributed by atoms with van der Waals surface area (Å²) in [6.07, 6.45) is 1.67. The second-order valence-electron chi connectivity index (χ2n) is 8.87. The second-order valence-corrected chi connectivity index (χ2v) is 8.87. The largest absolute Gasteiger partial charge is 0.497 e. The predicted molar refractivity (Wildman–Crippen MR) is 138 cm³/mol. The first kappa shape index (κ1) is 22.7. The molecule has 1 aliphatic heterocycles. The lowest BCUT2D eigenvalue weighted by molar-refractivity contribution is 0.0932. The molecule has 6 heteroatoms. The molecule has 0 saturated carbocycles. The Labute approximate surface area is 204 Å². The van der Waals surface area contributed by atoms with E-state index in [0.29, 0.717) is 27.9 Å². The van der Waals surface area contributed by atoms with Gasteiger partial charge in [0.2, 0.25) is 0 Å². The summed E-state index contributed by atoms with van der Waals surface area (Å²) in [5.74, 6) is 1.11. The molecule has 4 aromatic rings. The zero-order chi connectivity index (χ0) is 24.4. The smallest absolute Gasteiger partial charge is 0.255 e. The van der Waals surface area contributed by atoms with Crippen LogP contribution in [0.3, 0.4) is 0 Å². The van der Waals surface area contributed by atoms with Crippen LogP contribution in [0.15, 0.2) is 82.0 Å². The van der Waals surface area contributed by atoms with E-state index in [1.54, 1.807) is 32.2 Å². The van der Waals surface area contributed by atoms with E-state index in [0.717, 1.165) is 42.9 Å². The fourth-order valence-corrected chi connectivity index (χ4v) is 4.69. The third-order valence-corrected chi connectivity index (χ3v) is 6.69. The highest BCUT2D eigenvalue weighted by atomic mass is 16.5. The van der Waals surface area contributed by atoms with Crippen LogP contribution in [0, 0.1) is 6.92 Å². The SMILES string of the molecule is COc1ccc(N2CCC(NC(=O)c3cccc4c(=O)c(C)c(-c5ccccc5)oc34)CC2)cc1. The maximum Gasteiger partial charge on any atom is 0.255 e. The van der Waals surface area contributed by atoms with Gasteiger partial charge in [0.15, 0.2) is 11.0 Å². The molecule has 3 aromatic carbocycles. The second kappa shape index (κ2) is 9.66. The van der Waals surface area contributed by atoms with Gasteiger partial charge in [0.1, 0.15) is 11.5 Å². The van der Waals surface area contributed by atoms with E-state index in [2.05, 4.69) is 22.3 Å². The number of anilines is 1. The molecule has 0 radical (unpaired) electrons. The van der Waals surface area contributed by atoms with Gasteiger partial charge < -0.3 is 19.4 Å². The number of para-hydroxylation sites is 1. The van der Waals surface area contributed by atoms with Crippen molar-refractivity contribution in [3.05, 3.63) is 94.1 Å². The van der Waals surface area contributed by atoms with Crippen LogP contribution < -0.4 is 20.4 Å². The molecule has 6 nitrogen and oxygen atoms in total. The number of benzene rings is 3. The van der Waals surface area contributed by atoms with Crippen molar-refractivity contribution in [2.75, 3.05) is 25.1 Å². The van der Waals surface area contributed by atoms with Crippen LogP contribution in [-0.2, 0) is 0 Å². The summed E-state index contributed by atoms with van der Waals surface area (Å²) >= 11 is 0. The van der Waals surface area contributed by atoms with Crippen LogP contribution in [0.2, 0.25) is 0 Å². The number of amides is 1. The highest BCUT2D eigenvalue weighted by Gasteiger charge is 2.24. The van der Waals surface area contributed by atoms with E-state index in [1.807, 2.05) is 42.5 Å². The number of rotatable bonds is 5. The third kappa shape index (κ3) is 4.52. The number of hydrogen-bond donors (Lipinski definition) is 1. The van der Waals surface area contributed by atoms with Gasteiger partial charge in [-0.05, 0) is 56.2 Å². The van der Waals surface area contributed by atoms with Crippen molar-refractivity contribution in [2.24, 2.45) is 0 Å². The van der Waals surface area contributed by atoms with Crippen molar-refractivity contribution in [2.45, 2.75) is 25.8 Å². The van der Waals surface area contributed by atoms with E-state index in [9.17, 15) is 9.59 Å². The van der Waals surface area contributed by atoms with Crippen LogP contribution in [-0.4, -0.2) is 32.1 Å². The average Bonchev–Trinajstić information content (AvgIpc) is 2.91. The summed E-state index contributed by atoms with van der Waals surface area (Å²) in [5.41, 5.74) is 3.09. The van der Waals surface area contributed by atoms with Crippen LogP contribution >= 0.6 is 0 Å². The summed E-state index contributed by atoms with van der Waals surface area (Å²) < 4.78 is 11.5. The molecule has 1 N–H and O–H groups in total. The number of piperidine rings is 1. The van der Waals surface area contributed by atoms with Gasteiger partial charge in [-0.1, -0.05) is 36.4 Å². The highest BCUT2D eigenvalue weighted by molar-refractivity contribution is 6.05. The molecule has 1 amide bonds. The van der Waals surface area contributed by atoms with Crippen molar-refractivity contribution in [1.29, 1.82) is 0 Å². The number of nitrogens with zero attached hydrogens (tertiary/aromatic N) is 1. The summed E-state index contributed by atoms with van der Waals surface area (Å²) in [6.45, 7) is 3.45. The Morgan fingerprint density at radius 3 is 2.37 bits per heavy atom. The molecule has 1 aromatic heterocycles. The van der Waals surface area contributed by atoms with E-state index in [4.69, 9.17) is 9.15 Å². The summed E-state index contributed by atoms with van der Waals surface area (Å²) in [7, 11) is 1.66. The first-order chi connectivity index (χ1) is 17.0. The third-order valence-electron chi connectivity index (χ3n) is 6.69. The Hall–Kier alpha value is -4.06. The normalized spacial score (nSPS) is 14.2. The fraction of sp³-hybridized carbons (Fsp3) is 0.241. The minimum absolute atomic E-state index is 0.0537. The van der Waals surface area contributed by atoms with Crippen LogP contribution in [0.5, 0.6) is 5.75 Å². The van der Waals surface area contributed by atoms with E-state index in [1.165, 1.54) is 0 Å². The Morgan fingerprint density at radius 1 is 0.971 bits per heavy atom. The quantitative estimate of drug-likeness (QED) is 0.437. The first-order valence-corrected chi connectivity index (χ1v) is 11.9. The number of fused-ring (bicyclic) bond motifs is 1. The maximum absolute atomic E-state index is 13.3. The van der Waals surface area contributed by atoms with Gasteiger partial charge in [0.05, 0.1) is 18.1 Å². The molecule has 2 heterocycles. The number of carbonyl (C=O) groups excluding carboxylic acids is 1. The molecule has 0 spiro atoms. The molecule has 1 fully saturated rings. The minimum Gasteiger partial charge on any atom is -0.497 e. The van der Waals surface area contributed by atoms with Crippen molar-refractivity contribution in [3.8, 4) is 17.1 Å². The molecule has 5 rings (SSSR count). The van der Waals surface area contributed by atoms with E-state index >= 15 is 0 Å². The summed E-state index contributed by atoms with van der Waals surface area (Å²) in [6, 6.07) is 22.8. The maximum atomic E-state index is 13.3. The van der Waals surface area contributed by atoms with Gasteiger partial charge >= 0.3 is 0 Å². The lowest BCUT2D eigenvalue weighted by Gasteiger charge is -2.34. The van der Waals surface area contributed by atoms with E-state index in [-0.39, 0.29) is 17.4 Å². The predicted octanol–water partition coefficient (Wildman–Crippen LogP) is 5.18. The molecule has 1 saturated heterocycles. The Bertz CT molecular complexity index is 1400. The van der Waals surface area contributed by atoms with E-state index < -0.39 is 0 Å². The Balaban J connectivity index is 1.35. The molecule has 178 valence electrons. The number of ether oxygens (including phenoxy) is 1. The molecule has 0 atom stereocenters.